The first-order valence-electron chi connectivity index (χ1n) is 8.28. The number of anilines is 2. The Hall–Kier alpha value is -1.73. The molecule has 128 valence electrons. The van der Waals surface area contributed by atoms with Crippen molar-refractivity contribution >= 4 is 29.1 Å². The minimum absolute atomic E-state index is 0.0132. The number of phenols is 1. The van der Waals surface area contributed by atoms with Gasteiger partial charge in [-0.1, -0.05) is 0 Å². The molecule has 0 unspecified atom stereocenters. The number of halogens is 1. The molecule has 1 aliphatic carbocycles. The number of aromatic hydroxyl groups is 1. The molecule has 3 aliphatic rings. The smallest absolute Gasteiger partial charge is 0.214 e. The molecular formula is C17H20FN3O2S. The molecule has 1 saturated carbocycles. The third kappa shape index (κ3) is 2.65. The van der Waals surface area contributed by atoms with Crippen LogP contribution in [0.1, 0.15) is 18.4 Å². The highest BCUT2D eigenvalue weighted by Crippen LogP contribution is 2.48. The Balaban J connectivity index is 1.81. The highest BCUT2D eigenvalue weighted by Gasteiger charge is 2.36. The van der Waals surface area contributed by atoms with Crippen LogP contribution in [-0.2, 0) is 11.2 Å². The van der Waals surface area contributed by atoms with Gasteiger partial charge >= 0.3 is 0 Å². The number of rotatable bonds is 3. The summed E-state index contributed by atoms with van der Waals surface area (Å²) in [5.41, 5.74) is 2.10. The average Bonchev–Trinajstić information content (AvgIpc) is 3.39. The van der Waals surface area contributed by atoms with Crippen LogP contribution >= 0.6 is 12.6 Å². The van der Waals surface area contributed by atoms with Gasteiger partial charge in [-0.05, 0) is 24.5 Å². The number of carbonyl (C=O) groups excluding carboxylic acids is 1. The Bertz CT molecular complexity index is 727. The quantitative estimate of drug-likeness (QED) is 0.727. The monoisotopic (exact) mass is 349 g/mol. The van der Waals surface area contributed by atoms with Gasteiger partial charge in [-0.3, -0.25) is 4.79 Å². The average molecular weight is 349 g/mol. The molecule has 2 N–H and O–H groups in total. The second kappa shape index (κ2) is 5.97. The number of fused-ring (bicyclic) bond motifs is 1. The Morgan fingerprint density at radius 3 is 2.62 bits per heavy atom. The van der Waals surface area contributed by atoms with Gasteiger partial charge in [0, 0.05) is 50.4 Å². The van der Waals surface area contributed by atoms with Crippen molar-refractivity contribution in [1.82, 2.24) is 5.32 Å². The maximum atomic E-state index is 14.7. The van der Waals surface area contributed by atoms with Gasteiger partial charge < -0.3 is 20.2 Å². The van der Waals surface area contributed by atoms with E-state index in [2.05, 4.69) is 17.9 Å². The lowest BCUT2D eigenvalue weighted by molar-refractivity contribution is -0.107. The maximum Gasteiger partial charge on any atom is 0.214 e. The molecule has 24 heavy (non-hydrogen) atoms. The van der Waals surface area contributed by atoms with E-state index in [9.17, 15) is 14.3 Å². The van der Waals surface area contributed by atoms with E-state index in [1.54, 1.807) is 6.20 Å². The first-order chi connectivity index (χ1) is 11.6. The third-order valence-electron chi connectivity index (χ3n) is 4.86. The summed E-state index contributed by atoms with van der Waals surface area (Å²) in [6.45, 7) is 2.84. The molecule has 0 spiro atoms. The van der Waals surface area contributed by atoms with Gasteiger partial charge in [0.05, 0.1) is 5.69 Å². The summed E-state index contributed by atoms with van der Waals surface area (Å²) in [7, 11) is 0. The zero-order valence-corrected chi connectivity index (χ0v) is 14.2. The second-order valence-electron chi connectivity index (χ2n) is 6.58. The van der Waals surface area contributed by atoms with Crippen molar-refractivity contribution in [2.24, 2.45) is 0 Å². The largest absolute Gasteiger partial charge is 0.504 e. The lowest BCUT2D eigenvalue weighted by Gasteiger charge is -2.34. The molecule has 2 fully saturated rings. The summed E-state index contributed by atoms with van der Waals surface area (Å²) < 4.78 is 14.7. The maximum absolute atomic E-state index is 14.7. The first-order valence-corrected chi connectivity index (χ1v) is 8.73. The number of thiol groups is 1. The van der Waals surface area contributed by atoms with E-state index in [-0.39, 0.29) is 22.6 Å². The molecule has 2 heterocycles. The SMILES string of the molecule is O=C(S)C1=CN(C2CC2)c2c(cc(F)c(N3CCNCC3)c2O)C1. The van der Waals surface area contributed by atoms with Crippen molar-refractivity contribution in [3.05, 3.63) is 29.2 Å². The topological polar surface area (TPSA) is 55.8 Å². The minimum atomic E-state index is -0.434. The zero-order chi connectivity index (χ0) is 16.8. The third-order valence-corrected chi connectivity index (χ3v) is 5.15. The normalized spacial score (nSPS) is 20.7. The number of piperazine rings is 1. The number of phenolic OH excluding ortho intramolecular Hbond substituents is 1. The van der Waals surface area contributed by atoms with Gasteiger partial charge in [-0.2, -0.15) is 0 Å². The van der Waals surface area contributed by atoms with Crippen LogP contribution in [0.3, 0.4) is 0 Å². The molecular weight excluding hydrogens is 329 g/mol. The van der Waals surface area contributed by atoms with Gasteiger partial charge in [0.1, 0.15) is 5.69 Å². The lowest BCUT2D eigenvalue weighted by Crippen LogP contribution is -2.44. The molecule has 2 aliphatic heterocycles. The number of hydrogen-bond donors (Lipinski definition) is 3. The van der Waals surface area contributed by atoms with E-state index in [0.29, 0.717) is 36.3 Å². The van der Waals surface area contributed by atoms with Crippen molar-refractivity contribution < 1.29 is 14.3 Å². The fourth-order valence-corrected chi connectivity index (χ4v) is 3.67. The van der Waals surface area contributed by atoms with Gasteiger partial charge in [0.25, 0.3) is 0 Å². The highest BCUT2D eigenvalue weighted by atomic mass is 32.1. The fraction of sp³-hybridized carbons (Fsp3) is 0.471. The van der Waals surface area contributed by atoms with Crippen molar-refractivity contribution in [3.8, 4) is 5.75 Å². The van der Waals surface area contributed by atoms with E-state index in [1.807, 2.05) is 9.80 Å². The predicted octanol–water partition coefficient (Wildman–Crippen LogP) is 1.81. The van der Waals surface area contributed by atoms with E-state index >= 15 is 0 Å². The molecule has 0 aromatic heterocycles. The zero-order valence-electron chi connectivity index (χ0n) is 13.3. The molecule has 0 amide bonds. The molecule has 1 saturated heterocycles. The van der Waals surface area contributed by atoms with Crippen molar-refractivity contribution in [2.75, 3.05) is 36.0 Å². The molecule has 0 atom stereocenters. The van der Waals surface area contributed by atoms with Gasteiger partial charge in [0.15, 0.2) is 11.6 Å². The summed E-state index contributed by atoms with van der Waals surface area (Å²) in [5, 5.41) is 13.8. The summed E-state index contributed by atoms with van der Waals surface area (Å²) in [6, 6.07) is 1.73. The van der Waals surface area contributed by atoms with Crippen molar-refractivity contribution in [3.63, 3.8) is 0 Å². The summed E-state index contributed by atoms with van der Waals surface area (Å²) in [6.07, 6.45) is 4.08. The number of benzene rings is 1. The van der Waals surface area contributed by atoms with Crippen LogP contribution in [0.5, 0.6) is 5.75 Å². The molecule has 1 aromatic carbocycles. The summed E-state index contributed by atoms with van der Waals surface area (Å²) >= 11 is 3.91. The minimum Gasteiger partial charge on any atom is -0.504 e. The number of nitrogens with one attached hydrogen (secondary N) is 1. The molecule has 4 rings (SSSR count). The molecule has 5 nitrogen and oxygen atoms in total. The fourth-order valence-electron chi connectivity index (χ4n) is 3.53. The number of carbonyl (C=O) groups is 1. The van der Waals surface area contributed by atoms with E-state index in [1.165, 1.54) is 6.07 Å². The van der Waals surface area contributed by atoms with Gasteiger partial charge in [-0.25, -0.2) is 4.39 Å². The molecule has 1 aromatic rings. The summed E-state index contributed by atoms with van der Waals surface area (Å²) in [5.74, 6) is -0.447. The van der Waals surface area contributed by atoms with Crippen LogP contribution in [0.15, 0.2) is 17.8 Å². The lowest BCUT2D eigenvalue weighted by atomic mass is 9.97. The van der Waals surface area contributed by atoms with Crippen molar-refractivity contribution in [2.45, 2.75) is 25.3 Å². The Morgan fingerprint density at radius 2 is 2.00 bits per heavy atom. The molecule has 7 heteroatoms. The van der Waals surface area contributed by atoms with E-state index in [0.717, 1.165) is 25.9 Å². The summed E-state index contributed by atoms with van der Waals surface area (Å²) in [4.78, 5) is 15.5. The van der Waals surface area contributed by atoms with Crippen LogP contribution in [0.4, 0.5) is 15.8 Å². The predicted molar refractivity (Wildman–Crippen MR) is 94.4 cm³/mol. The standard InChI is InChI=1S/C17H20FN3O2S/c18-13-8-10-7-11(17(23)24)9-21(12-1-2-12)14(10)16(22)15(13)20-5-3-19-4-6-20/h8-9,12,19,22H,1-7H2,(H,23,24). The van der Waals surface area contributed by atoms with E-state index < -0.39 is 5.82 Å². The van der Waals surface area contributed by atoms with Crippen LogP contribution in [0.25, 0.3) is 0 Å². The number of nitrogens with zero attached hydrogens (tertiary/aromatic N) is 2. The van der Waals surface area contributed by atoms with Gasteiger partial charge in [0.2, 0.25) is 5.12 Å². The van der Waals surface area contributed by atoms with Gasteiger partial charge in [-0.15, -0.1) is 12.6 Å². The van der Waals surface area contributed by atoms with Crippen LogP contribution < -0.4 is 15.1 Å². The Morgan fingerprint density at radius 1 is 1.29 bits per heavy atom. The first kappa shape index (κ1) is 15.8. The van der Waals surface area contributed by atoms with Crippen LogP contribution in [-0.4, -0.2) is 42.4 Å². The van der Waals surface area contributed by atoms with E-state index in [4.69, 9.17) is 0 Å². The second-order valence-corrected chi connectivity index (χ2v) is 6.98. The molecule has 0 bridgehead atoms. The Labute approximate surface area is 145 Å². The highest BCUT2D eigenvalue weighted by molar-refractivity contribution is 7.97. The molecule has 0 radical (unpaired) electrons. The number of hydrogen-bond acceptors (Lipinski definition) is 5. The Kier molecular flexibility index (Phi) is 3.92. The van der Waals surface area contributed by atoms with Crippen molar-refractivity contribution in [1.29, 1.82) is 0 Å². The van der Waals surface area contributed by atoms with Crippen LogP contribution in [0.2, 0.25) is 0 Å². The van der Waals surface area contributed by atoms with Crippen LogP contribution in [0, 0.1) is 5.82 Å².